The Labute approximate surface area is 161 Å². The minimum Gasteiger partial charge on any atom is -0.452 e. The molecule has 7 nitrogen and oxygen atoms in total. The first-order chi connectivity index (χ1) is 13.5. The van der Waals surface area contributed by atoms with Crippen LogP contribution >= 0.6 is 0 Å². The Bertz CT molecular complexity index is 1050. The average Bonchev–Trinajstić information content (AvgIpc) is 2.71. The van der Waals surface area contributed by atoms with Crippen molar-refractivity contribution in [1.82, 2.24) is 10.2 Å². The number of H-pyrrole nitrogens is 1. The Balaban J connectivity index is 1.72. The summed E-state index contributed by atoms with van der Waals surface area (Å²) in [6.07, 6.45) is -1.09. The molecule has 2 aromatic carbocycles. The van der Waals surface area contributed by atoms with Crippen molar-refractivity contribution in [3.05, 3.63) is 70.6 Å². The van der Waals surface area contributed by atoms with Crippen LogP contribution in [0.15, 0.2) is 59.4 Å². The van der Waals surface area contributed by atoms with E-state index < -0.39 is 12.1 Å². The van der Waals surface area contributed by atoms with Gasteiger partial charge in [0.2, 0.25) is 0 Å². The number of nitrogens with zero attached hydrogens (tertiary/aromatic N) is 2. The number of esters is 1. The van der Waals surface area contributed by atoms with Crippen LogP contribution in [-0.2, 0) is 20.7 Å². The van der Waals surface area contributed by atoms with Crippen molar-refractivity contribution in [3.63, 3.8) is 0 Å². The van der Waals surface area contributed by atoms with Gasteiger partial charge in [0.05, 0.1) is 17.5 Å². The van der Waals surface area contributed by atoms with Crippen molar-refractivity contribution in [1.29, 1.82) is 0 Å². The summed E-state index contributed by atoms with van der Waals surface area (Å²) in [5, 5.41) is 7.38. The highest BCUT2D eigenvalue weighted by atomic mass is 16.5. The Morgan fingerprint density at radius 3 is 2.39 bits per heavy atom. The van der Waals surface area contributed by atoms with Gasteiger partial charge in [-0.1, -0.05) is 36.4 Å². The summed E-state index contributed by atoms with van der Waals surface area (Å²) in [5.74, 6) is -0.893. The van der Waals surface area contributed by atoms with Crippen LogP contribution in [0, 0.1) is 0 Å². The number of likely N-dealkylation sites (N-methyl/N-ethyl adjacent to an activating group) is 1. The SMILES string of the molecule is CCN(C(=O)[C@@H](C)OC(=O)Cc1n[nH]c(=O)c2ccccc12)c1ccccc1. The number of benzene rings is 2. The first kappa shape index (κ1) is 19.3. The molecule has 144 valence electrons. The number of aromatic amines is 1. The van der Waals surface area contributed by atoms with Gasteiger partial charge >= 0.3 is 5.97 Å². The van der Waals surface area contributed by atoms with Crippen molar-refractivity contribution in [2.45, 2.75) is 26.4 Å². The van der Waals surface area contributed by atoms with E-state index in [4.69, 9.17) is 4.74 Å². The third-order valence-electron chi connectivity index (χ3n) is 4.39. The molecular formula is C21H21N3O4. The Morgan fingerprint density at radius 1 is 1.07 bits per heavy atom. The summed E-state index contributed by atoms with van der Waals surface area (Å²) in [7, 11) is 0. The first-order valence-corrected chi connectivity index (χ1v) is 9.03. The predicted octanol–water partition coefficient (Wildman–Crippen LogP) is 2.45. The molecule has 0 aliphatic rings. The lowest BCUT2D eigenvalue weighted by Gasteiger charge is -2.24. The highest BCUT2D eigenvalue weighted by Gasteiger charge is 2.24. The fraction of sp³-hybridized carbons (Fsp3) is 0.238. The maximum absolute atomic E-state index is 12.7. The van der Waals surface area contributed by atoms with E-state index in [1.54, 1.807) is 36.1 Å². The largest absolute Gasteiger partial charge is 0.452 e. The maximum Gasteiger partial charge on any atom is 0.312 e. The molecule has 3 aromatic rings. The van der Waals surface area contributed by atoms with Gasteiger partial charge in [0, 0.05) is 17.6 Å². The molecule has 0 saturated heterocycles. The van der Waals surface area contributed by atoms with E-state index in [1.807, 2.05) is 37.3 Å². The zero-order valence-corrected chi connectivity index (χ0v) is 15.7. The number of rotatable bonds is 6. The normalized spacial score (nSPS) is 11.8. The molecule has 1 amide bonds. The molecule has 1 atom stereocenters. The van der Waals surface area contributed by atoms with Gasteiger partial charge in [-0.3, -0.25) is 14.4 Å². The van der Waals surface area contributed by atoms with Crippen LogP contribution in [0.25, 0.3) is 10.8 Å². The Morgan fingerprint density at radius 2 is 1.71 bits per heavy atom. The van der Waals surface area contributed by atoms with Crippen LogP contribution in [0.1, 0.15) is 19.5 Å². The average molecular weight is 379 g/mol. The van der Waals surface area contributed by atoms with Crippen molar-refractivity contribution in [2.24, 2.45) is 0 Å². The number of carbonyl (C=O) groups is 2. The first-order valence-electron chi connectivity index (χ1n) is 9.03. The van der Waals surface area contributed by atoms with E-state index >= 15 is 0 Å². The van der Waals surface area contributed by atoms with Gasteiger partial charge in [0.1, 0.15) is 0 Å². The molecule has 1 N–H and O–H groups in total. The summed E-state index contributed by atoms with van der Waals surface area (Å²) in [5.41, 5.74) is 0.819. The highest BCUT2D eigenvalue weighted by molar-refractivity contribution is 5.97. The number of ether oxygens (including phenoxy) is 1. The molecule has 0 radical (unpaired) electrons. The molecule has 28 heavy (non-hydrogen) atoms. The number of hydrogen-bond acceptors (Lipinski definition) is 5. The number of carbonyl (C=O) groups excluding carboxylic acids is 2. The van der Waals surface area contributed by atoms with Crippen molar-refractivity contribution in [2.75, 3.05) is 11.4 Å². The number of fused-ring (bicyclic) bond motifs is 1. The minimum atomic E-state index is -0.943. The molecule has 3 rings (SSSR count). The summed E-state index contributed by atoms with van der Waals surface area (Å²) < 4.78 is 5.34. The second-order valence-electron chi connectivity index (χ2n) is 6.27. The maximum atomic E-state index is 12.7. The number of aromatic nitrogens is 2. The van der Waals surface area contributed by atoms with E-state index in [9.17, 15) is 14.4 Å². The monoisotopic (exact) mass is 379 g/mol. The number of hydrogen-bond donors (Lipinski definition) is 1. The zero-order chi connectivity index (χ0) is 20.1. The third-order valence-corrected chi connectivity index (χ3v) is 4.39. The summed E-state index contributed by atoms with van der Waals surface area (Å²) in [6, 6.07) is 16.1. The summed E-state index contributed by atoms with van der Waals surface area (Å²) in [4.78, 5) is 38.5. The molecule has 0 aliphatic heterocycles. The van der Waals surface area contributed by atoms with Crippen molar-refractivity contribution >= 4 is 28.3 Å². The summed E-state index contributed by atoms with van der Waals surface area (Å²) >= 11 is 0. The molecule has 1 heterocycles. The van der Waals surface area contributed by atoms with Crippen LogP contribution in [0.5, 0.6) is 0 Å². The Kier molecular flexibility index (Phi) is 5.84. The molecule has 0 bridgehead atoms. The smallest absolute Gasteiger partial charge is 0.312 e. The van der Waals surface area contributed by atoms with Crippen LogP contribution in [0.2, 0.25) is 0 Å². The van der Waals surface area contributed by atoms with Gasteiger partial charge in [-0.25, -0.2) is 5.10 Å². The lowest BCUT2D eigenvalue weighted by molar-refractivity contribution is -0.153. The van der Waals surface area contributed by atoms with Gasteiger partial charge in [0.25, 0.3) is 11.5 Å². The fourth-order valence-electron chi connectivity index (χ4n) is 3.03. The second kappa shape index (κ2) is 8.47. The van der Waals surface area contributed by atoms with E-state index in [-0.39, 0.29) is 17.9 Å². The summed E-state index contributed by atoms with van der Waals surface area (Å²) in [6.45, 7) is 3.86. The van der Waals surface area contributed by atoms with Crippen LogP contribution in [-0.4, -0.2) is 34.7 Å². The molecule has 1 aromatic heterocycles. The molecule has 0 aliphatic carbocycles. The van der Waals surface area contributed by atoms with Crippen LogP contribution in [0.4, 0.5) is 5.69 Å². The molecule has 7 heteroatoms. The second-order valence-corrected chi connectivity index (χ2v) is 6.27. The lowest BCUT2D eigenvalue weighted by atomic mass is 10.1. The van der Waals surface area contributed by atoms with Gasteiger partial charge in [-0.05, 0) is 32.0 Å². The number of amides is 1. The topological polar surface area (TPSA) is 92.4 Å². The number of nitrogens with one attached hydrogen (secondary N) is 1. The van der Waals surface area contributed by atoms with Crippen molar-refractivity contribution in [3.8, 4) is 0 Å². The number of para-hydroxylation sites is 1. The van der Waals surface area contributed by atoms with E-state index in [0.29, 0.717) is 23.0 Å². The molecule has 0 fully saturated rings. The molecule has 0 saturated carbocycles. The van der Waals surface area contributed by atoms with Crippen LogP contribution < -0.4 is 10.5 Å². The van der Waals surface area contributed by atoms with Crippen LogP contribution in [0.3, 0.4) is 0 Å². The van der Waals surface area contributed by atoms with E-state index in [0.717, 1.165) is 5.69 Å². The number of anilines is 1. The predicted molar refractivity (Wildman–Crippen MR) is 106 cm³/mol. The highest BCUT2D eigenvalue weighted by Crippen LogP contribution is 2.16. The molecule has 0 spiro atoms. The van der Waals surface area contributed by atoms with Crippen molar-refractivity contribution < 1.29 is 14.3 Å². The van der Waals surface area contributed by atoms with Gasteiger partial charge < -0.3 is 9.64 Å². The third kappa shape index (κ3) is 4.09. The minimum absolute atomic E-state index is 0.146. The van der Waals surface area contributed by atoms with Gasteiger partial charge in [-0.2, -0.15) is 5.10 Å². The van der Waals surface area contributed by atoms with Gasteiger partial charge in [0.15, 0.2) is 6.10 Å². The zero-order valence-electron chi connectivity index (χ0n) is 15.7. The quantitative estimate of drug-likeness (QED) is 0.664. The standard InChI is InChI=1S/C21H21N3O4/c1-3-24(15-9-5-4-6-10-15)21(27)14(2)28-19(25)13-18-16-11-7-8-12-17(16)20(26)23-22-18/h4-12,14H,3,13H2,1-2H3,(H,23,26)/t14-/m1/s1. The fourth-order valence-corrected chi connectivity index (χ4v) is 3.03. The molecule has 0 unspecified atom stereocenters. The van der Waals surface area contributed by atoms with Gasteiger partial charge in [-0.15, -0.1) is 0 Å². The Hall–Kier alpha value is -3.48. The van der Waals surface area contributed by atoms with E-state index in [1.165, 1.54) is 0 Å². The lowest BCUT2D eigenvalue weighted by Crippen LogP contribution is -2.40. The van der Waals surface area contributed by atoms with E-state index in [2.05, 4.69) is 10.2 Å². The molecular weight excluding hydrogens is 358 g/mol.